The van der Waals surface area contributed by atoms with Crippen molar-refractivity contribution in [2.75, 3.05) is 25.5 Å². The van der Waals surface area contributed by atoms with Crippen molar-refractivity contribution >= 4 is 28.4 Å². The van der Waals surface area contributed by atoms with Crippen molar-refractivity contribution in [2.45, 2.75) is 37.9 Å². The highest BCUT2D eigenvalue weighted by atomic mass is 19.4. The summed E-state index contributed by atoms with van der Waals surface area (Å²) in [5.41, 5.74) is 8.09. The molecule has 3 N–H and O–H groups in total. The molecule has 38 heavy (non-hydrogen) atoms. The third-order valence-electron chi connectivity index (χ3n) is 6.06. The number of benzene rings is 1. The Bertz CT molecular complexity index is 1400. The van der Waals surface area contributed by atoms with Crippen LogP contribution in [0.5, 0.6) is 0 Å². The second-order valence-corrected chi connectivity index (χ2v) is 8.81. The first-order valence-corrected chi connectivity index (χ1v) is 12.0. The number of hydrogen-bond acceptors (Lipinski definition) is 6. The Balaban J connectivity index is 1.65. The molecule has 1 aliphatic carbocycles. The molecule has 2 amide bonds. The Labute approximate surface area is 215 Å². The fourth-order valence-corrected chi connectivity index (χ4v) is 3.98. The van der Waals surface area contributed by atoms with Crippen LogP contribution in [0.4, 0.5) is 18.9 Å². The Hall–Kier alpha value is -4.38. The van der Waals surface area contributed by atoms with Gasteiger partial charge in [-0.1, -0.05) is 11.2 Å². The average Bonchev–Trinajstić information content (AvgIpc) is 3.72. The number of aromatic nitrogens is 2. The summed E-state index contributed by atoms with van der Waals surface area (Å²) in [5, 5.41) is 12.2. The molecule has 1 aliphatic rings. The predicted octanol–water partition coefficient (Wildman–Crippen LogP) is 5.07. The largest absolute Gasteiger partial charge is 0.417 e. The lowest BCUT2D eigenvalue weighted by molar-refractivity contribution is -0.137. The minimum atomic E-state index is -4.68. The number of rotatable bonds is 10. The second kappa shape index (κ2) is 11.3. The summed E-state index contributed by atoms with van der Waals surface area (Å²) >= 11 is 0. The number of amides is 2. The third kappa shape index (κ3) is 6.12. The van der Waals surface area contributed by atoms with Crippen LogP contribution in [0.1, 0.15) is 52.1 Å². The smallest absolute Gasteiger partial charge is 0.387 e. The van der Waals surface area contributed by atoms with Crippen molar-refractivity contribution in [3.63, 3.8) is 0 Å². The zero-order valence-electron chi connectivity index (χ0n) is 20.5. The van der Waals surface area contributed by atoms with Gasteiger partial charge in [0.1, 0.15) is 5.69 Å². The van der Waals surface area contributed by atoms with Gasteiger partial charge in [-0.05, 0) is 55.0 Å². The molecular weight excluding hydrogens is 501 g/mol. The summed E-state index contributed by atoms with van der Waals surface area (Å²) in [7, 11) is 1.59. The summed E-state index contributed by atoms with van der Waals surface area (Å²) in [6, 6.07) is 5.14. The number of anilines is 1. The first-order chi connectivity index (χ1) is 18.2. The highest BCUT2D eigenvalue weighted by Crippen LogP contribution is 2.41. The van der Waals surface area contributed by atoms with Crippen LogP contribution in [-0.2, 0) is 6.18 Å². The molecule has 0 unspecified atom stereocenters. The highest BCUT2D eigenvalue weighted by Gasteiger charge is 2.35. The second-order valence-electron chi connectivity index (χ2n) is 8.81. The molecule has 1 aromatic carbocycles. The van der Waals surface area contributed by atoms with E-state index >= 15 is 0 Å². The Morgan fingerprint density at radius 2 is 1.92 bits per heavy atom. The molecule has 1 fully saturated rings. The molecule has 3 aromatic rings. The van der Waals surface area contributed by atoms with Gasteiger partial charge >= 0.3 is 6.18 Å². The quantitative estimate of drug-likeness (QED) is 0.146. The van der Waals surface area contributed by atoms with Crippen LogP contribution in [0.3, 0.4) is 0 Å². The van der Waals surface area contributed by atoms with E-state index in [4.69, 9.17) is 5.53 Å². The maximum Gasteiger partial charge on any atom is 0.417 e. The van der Waals surface area contributed by atoms with E-state index in [1.54, 1.807) is 7.05 Å². The molecule has 13 heteroatoms. The van der Waals surface area contributed by atoms with Gasteiger partial charge in [0, 0.05) is 54.4 Å². The molecule has 2 aromatic heterocycles. The summed E-state index contributed by atoms with van der Waals surface area (Å²) in [5.74, 6) is -0.814. The van der Waals surface area contributed by atoms with Crippen molar-refractivity contribution in [1.29, 1.82) is 0 Å². The molecule has 2 heterocycles. The highest BCUT2D eigenvalue weighted by molar-refractivity contribution is 6.08. The molecule has 0 spiro atoms. The normalized spacial score (nSPS) is 13.1. The van der Waals surface area contributed by atoms with Gasteiger partial charge < -0.3 is 16.0 Å². The van der Waals surface area contributed by atoms with Gasteiger partial charge in [-0.2, -0.15) is 13.2 Å². The van der Waals surface area contributed by atoms with Gasteiger partial charge in [0.05, 0.1) is 22.3 Å². The third-order valence-corrected chi connectivity index (χ3v) is 6.06. The standard InChI is InChI=1S/C25H25F3N8O2/c1-30-22-17-10-16(14-4-7-20(32-12-14)24(38)31-8-2-3-9-34-36-29)19(25(26,27)28)11-21(17)33-13-18(22)23(37)35-15-5-6-15/h4,7,10-13,15H,2-3,5-6,8-9H2,1H3,(H,30,33)(H,31,38)(H,35,37). The van der Waals surface area contributed by atoms with Crippen LogP contribution in [0.25, 0.3) is 32.5 Å². The van der Waals surface area contributed by atoms with Crippen molar-refractivity contribution in [3.8, 4) is 11.1 Å². The van der Waals surface area contributed by atoms with E-state index < -0.39 is 17.6 Å². The van der Waals surface area contributed by atoms with Crippen LogP contribution in [0.2, 0.25) is 0 Å². The molecule has 4 rings (SSSR count). The van der Waals surface area contributed by atoms with Gasteiger partial charge in [0.25, 0.3) is 11.8 Å². The van der Waals surface area contributed by atoms with E-state index in [9.17, 15) is 22.8 Å². The summed E-state index contributed by atoms with van der Waals surface area (Å²) in [6.07, 6.45) is 0.779. The number of nitrogens with zero attached hydrogens (tertiary/aromatic N) is 5. The van der Waals surface area contributed by atoms with Gasteiger partial charge in [-0.3, -0.25) is 19.6 Å². The molecule has 0 radical (unpaired) electrons. The van der Waals surface area contributed by atoms with E-state index in [1.165, 1.54) is 30.6 Å². The van der Waals surface area contributed by atoms with E-state index in [0.717, 1.165) is 18.9 Å². The van der Waals surface area contributed by atoms with Crippen molar-refractivity contribution < 1.29 is 22.8 Å². The van der Waals surface area contributed by atoms with E-state index in [2.05, 4.69) is 35.9 Å². The molecule has 0 atom stereocenters. The number of pyridine rings is 2. The molecule has 10 nitrogen and oxygen atoms in total. The predicted molar refractivity (Wildman–Crippen MR) is 136 cm³/mol. The number of halogens is 3. The monoisotopic (exact) mass is 526 g/mol. The van der Waals surface area contributed by atoms with Gasteiger partial charge in [0.2, 0.25) is 0 Å². The number of alkyl halides is 3. The SMILES string of the molecule is CNc1c(C(=O)NC2CC2)cnc2cc(C(F)(F)F)c(-c3ccc(C(=O)NCCCCN=[N+]=[N-])nc3)cc12. The average molecular weight is 527 g/mol. The van der Waals surface area contributed by atoms with Crippen molar-refractivity contribution in [3.05, 3.63) is 63.9 Å². The van der Waals surface area contributed by atoms with Crippen LogP contribution < -0.4 is 16.0 Å². The molecule has 0 bridgehead atoms. The fourth-order valence-electron chi connectivity index (χ4n) is 3.98. The minimum Gasteiger partial charge on any atom is -0.387 e. The topological polar surface area (TPSA) is 145 Å². The molecular formula is C25H25F3N8O2. The zero-order chi connectivity index (χ0) is 27.3. The number of carbonyl (C=O) groups is 2. The Morgan fingerprint density at radius 3 is 2.55 bits per heavy atom. The van der Waals surface area contributed by atoms with E-state index in [0.29, 0.717) is 37.0 Å². The molecule has 198 valence electrons. The lowest BCUT2D eigenvalue weighted by atomic mass is 9.96. The number of nitrogens with one attached hydrogen (secondary N) is 3. The summed E-state index contributed by atoms with van der Waals surface area (Å²) < 4.78 is 42.1. The van der Waals surface area contributed by atoms with Crippen LogP contribution in [-0.4, -0.2) is 48.0 Å². The lowest BCUT2D eigenvalue weighted by Gasteiger charge is -2.17. The number of unbranched alkanes of at least 4 members (excludes halogenated alkanes) is 1. The minimum absolute atomic E-state index is 0.0507. The maximum atomic E-state index is 14.0. The van der Waals surface area contributed by atoms with Gasteiger partial charge in [-0.15, -0.1) is 0 Å². The summed E-state index contributed by atoms with van der Waals surface area (Å²) in [4.78, 5) is 35.9. The number of fused-ring (bicyclic) bond motifs is 1. The number of hydrogen-bond donors (Lipinski definition) is 3. The van der Waals surface area contributed by atoms with Crippen molar-refractivity contribution in [1.82, 2.24) is 20.6 Å². The van der Waals surface area contributed by atoms with E-state index in [-0.39, 0.29) is 39.9 Å². The fraction of sp³-hybridized carbons (Fsp3) is 0.360. The number of azide groups is 1. The van der Waals surface area contributed by atoms with Crippen LogP contribution in [0.15, 0.2) is 41.8 Å². The van der Waals surface area contributed by atoms with Gasteiger partial charge in [0.15, 0.2) is 0 Å². The van der Waals surface area contributed by atoms with Crippen LogP contribution >= 0.6 is 0 Å². The first-order valence-electron chi connectivity index (χ1n) is 12.0. The van der Waals surface area contributed by atoms with Crippen LogP contribution in [0, 0.1) is 0 Å². The van der Waals surface area contributed by atoms with E-state index in [1.807, 2.05) is 0 Å². The number of carbonyl (C=O) groups excluding carboxylic acids is 2. The lowest BCUT2D eigenvalue weighted by Crippen LogP contribution is -2.26. The first kappa shape index (κ1) is 26.7. The van der Waals surface area contributed by atoms with Crippen molar-refractivity contribution in [2.24, 2.45) is 5.11 Å². The molecule has 0 saturated heterocycles. The summed E-state index contributed by atoms with van der Waals surface area (Å²) in [6.45, 7) is 0.659. The zero-order valence-corrected chi connectivity index (χ0v) is 20.5. The molecule has 0 aliphatic heterocycles. The Kier molecular flexibility index (Phi) is 7.96. The Morgan fingerprint density at radius 1 is 1.13 bits per heavy atom. The van der Waals surface area contributed by atoms with Gasteiger partial charge in [-0.25, -0.2) is 0 Å². The maximum absolute atomic E-state index is 14.0. The molecule has 1 saturated carbocycles.